The van der Waals surface area contributed by atoms with Gasteiger partial charge in [0.1, 0.15) is 0 Å². The van der Waals surface area contributed by atoms with Gasteiger partial charge in [-0.3, -0.25) is 0 Å². The van der Waals surface area contributed by atoms with Gasteiger partial charge in [0.15, 0.2) is 0 Å². The molecule has 0 radical (unpaired) electrons. The third-order valence-electron chi connectivity index (χ3n) is 2.05. The van der Waals surface area contributed by atoms with Crippen LogP contribution in [-0.4, -0.2) is 44.5 Å². The van der Waals surface area contributed by atoms with Crippen LogP contribution in [0.5, 0.6) is 0 Å². The molecule has 0 N–H and O–H groups in total. The summed E-state index contributed by atoms with van der Waals surface area (Å²) >= 11 is 0. The van der Waals surface area contributed by atoms with Gasteiger partial charge >= 0.3 is 0 Å². The molecule has 1 aliphatic carbocycles. The predicted molar refractivity (Wildman–Crippen MR) is 66.7 cm³/mol. The van der Waals surface area contributed by atoms with Gasteiger partial charge in [-0.15, -0.1) is 0 Å². The van der Waals surface area contributed by atoms with E-state index >= 15 is 0 Å². The van der Waals surface area contributed by atoms with Crippen LogP contribution in [0.3, 0.4) is 0 Å². The molecule has 82 valence electrons. The van der Waals surface area contributed by atoms with Crippen molar-refractivity contribution in [1.82, 2.24) is 9.80 Å². The number of hydrogen-bond acceptors (Lipinski definition) is 2. The molecule has 1 aliphatic rings. The lowest BCUT2D eigenvalue weighted by Gasteiger charge is -2.08. The van der Waals surface area contributed by atoms with Crippen molar-refractivity contribution in [2.45, 2.75) is 0 Å². The number of likely N-dealkylation sites (N-methyl/N-ethyl adjacent to an activating group) is 1. The molecular weight excluding hydrogens is 184 g/mol. The highest BCUT2D eigenvalue weighted by molar-refractivity contribution is 5.53. The van der Waals surface area contributed by atoms with E-state index in [9.17, 15) is 0 Å². The summed E-state index contributed by atoms with van der Waals surface area (Å²) < 4.78 is 0. The summed E-state index contributed by atoms with van der Waals surface area (Å²) in [5, 5.41) is 0. The van der Waals surface area contributed by atoms with Crippen LogP contribution in [0.15, 0.2) is 47.7 Å². The molecular formula is C13H20N2. The Morgan fingerprint density at radius 3 is 2.53 bits per heavy atom. The lowest BCUT2D eigenvalue weighted by molar-refractivity contribution is 0.456. The quantitative estimate of drug-likeness (QED) is 0.691. The van der Waals surface area contributed by atoms with Crippen LogP contribution < -0.4 is 0 Å². The molecule has 0 saturated carbocycles. The Morgan fingerprint density at radius 2 is 1.93 bits per heavy atom. The van der Waals surface area contributed by atoms with Crippen LogP contribution in [0.1, 0.15) is 0 Å². The third kappa shape index (κ3) is 4.17. The highest BCUT2D eigenvalue weighted by Gasteiger charge is 2.02. The molecule has 0 spiro atoms. The van der Waals surface area contributed by atoms with Gasteiger partial charge in [0, 0.05) is 26.8 Å². The van der Waals surface area contributed by atoms with E-state index in [0.717, 1.165) is 6.54 Å². The molecule has 2 nitrogen and oxygen atoms in total. The zero-order chi connectivity index (χ0) is 11.3. The fraction of sp³-hybridized carbons (Fsp3) is 0.385. The third-order valence-corrected chi connectivity index (χ3v) is 2.05. The molecule has 0 amide bonds. The highest BCUT2D eigenvalue weighted by Crippen LogP contribution is 2.19. The van der Waals surface area contributed by atoms with Crippen molar-refractivity contribution >= 4 is 0 Å². The van der Waals surface area contributed by atoms with Crippen LogP contribution >= 0.6 is 0 Å². The maximum Gasteiger partial charge on any atom is 0.0160 e. The van der Waals surface area contributed by atoms with E-state index in [1.807, 2.05) is 14.1 Å². The van der Waals surface area contributed by atoms with Crippen LogP contribution in [0, 0.1) is 0 Å². The van der Waals surface area contributed by atoms with Crippen LogP contribution in [0.2, 0.25) is 0 Å². The minimum atomic E-state index is 0.979. The Bertz CT molecular complexity index is 317. The van der Waals surface area contributed by atoms with Gasteiger partial charge in [0.2, 0.25) is 0 Å². The molecule has 2 heteroatoms. The molecule has 0 aromatic rings. The first-order chi connectivity index (χ1) is 7.09. The first-order valence-corrected chi connectivity index (χ1v) is 5.18. The number of nitrogens with zero attached hydrogens (tertiary/aromatic N) is 2. The van der Waals surface area contributed by atoms with Crippen LogP contribution in [-0.2, 0) is 0 Å². The summed E-state index contributed by atoms with van der Waals surface area (Å²) in [6.07, 6.45) is 12.9. The van der Waals surface area contributed by atoms with Crippen molar-refractivity contribution in [3.8, 4) is 0 Å². The van der Waals surface area contributed by atoms with E-state index in [1.165, 1.54) is 11.1 Å². The van der Waals surface area contributed by atoms with E-state index in [2.05, 4.69) is 60.5 Å². The SMILES string of the molecule is CN(C)/C=C1\C=CC=C1/C=C/CN(C)C. The van der Waals surface area contributed by atoms with E-state index in [1.54, 1.807) is 0 Å². The van der Waals surface area contributed by atoms with Crippen molar-refractivity contribution in [1.29, 1.82) is 0 Å². The van der Waals surface area contributed by atoms with Gasteiger partial charge in [-0.05, 0) is 25.2 Å². The molecule has 0 saturated heterocycles. The fourth-order valence-corrected chi connectivity index (χ4v) is 1.39. The van der Waals surface area contributed by atoms with E-state index < -0.39 is 0 Å². The van der Waals surface area contributed by atoms with Gasteiger partial charge in [-0.25, -0.2) is 0 Å². The molecule has 0 unspecified atom stereocenters. The summed E-state index contributed by atoms with van der Waals surface area (Å²) in [5.74, 6) is 0. The zero-order valence-corrected chi connectivity index (χ0v) is 10.1. The molecule has 0 atom stereocenters. The van der Waals surface area contributed by atoms with Crippen molar-refractivity contribution in [3.05, 3.63) is 47.7 Å². The second-order valence-corrected chi connectivity index (χ2v) is 4.19. The monoisotopic (exact) mass is 204 g/mol. The number of allylic oxidation sites excluding steroid dienone is 6. The Labute approximate surface area is 92.9 Å². The molecule has 0 bridgehead atoms. The van der Waals surface area contributed by atoms with Gasteiger partial charge in [-0.1, -0.05) is 30.4 Å². The maximum atomic E-state index is 2.18. The lowest BCUT2D eigenvalue weighted by Crippen LogP contribution is -2.10. The first kappa shape index (κ1) is 11.8. The van der Waals surface area contributed by atoms with Crippen molar-refractivity contribution in [2.75, 3.05) is 34.7 Å². The molecule has 0 aliphatic heterocycles. The average molecular weight is 204 g/mol. The minimum absolute atomic E-state index is 0.979. The van der Waals surface area contributed by atoms with Crippen LogP contribution in [0.4, 0.5) is 0 Å². The average Bonchev–Trinajstić information content (AvgIpc) is 2.51. The predicted octanol–water partition coefficient (Wildman–Crippen LogP) is 2.05. The minimum Gasteiger partial charge on any atom is -0.383 e. The van der Waals surface area contributed by atoms with Crippen molar-refractivity contribution in [3.63, 3.8) is 0 Å². The van der Waals surface area contributed by atoms with Gasteiger partial charge < -0.3 is 9.80 Å². The van der Waals surface area contributed by atoms with Crippen LogP contribution in [0.25, 0.3) is 0 Å². The lowest BCUT2D eigenvalue weighted by atomic mass is 10.1. The second kappa shape index (κ2) is 5.56. The molecule has 0 fully saturated rings. The number of rotatable bonds is 4. The first-order valence-electron chi connectivity index (χ1n) is 5.18. The second-order valence-electron chi connectivity index (χ2n) is 4.19. The summed E-state index contributed by atoms with van der Waals surface area (Å²) in [6.45, 7) is 0.979. The largest absolute Gasteiger partial charge is 0.383 e. The topological polar surface area (TPSA) is 6.48 Å². The Kier molecular flexibility index (Phi) is 4.37. The normalized spacial score (nSPS) is 18.2. The maximum absolute atomic E-state index is 2.18. The van der Waals surface area contributed by atoms with Gasteiger partial charge in [0.05, 0.1) is 0 Å². The molecule has 0 aromatic heterocycles. The molecule has 0 heterocycles. The number of hydrogen-bond donors (Lipinski definition) is 0. The van der Waals surface area contributed by atoms with Gasteiger partial charge in [0.25, 0.3) is 0 Å². The van der Waals surface area contributed by atoms with Gasteiger partial charge in [-0.2, -0.15) is 0 Å². The Morgan fingerprint density at radius 1 is 1.20 bits per heavy atom. The standard InChI is InChI=1S/C13H20N2/c1-14(2)10-6-9-12-7-5-8-13(12)11-15(3)4/h5-9,11H,10H2,1-4H3/b9-6+,13-11+. The highest BCUT2D eigenvalue weighted by atomic mass is 15.0. The summed E-state index contributed by atoms with van der Waals surface area (Å²) in [4.78, 5) is 4.22. The summed E-state index contributed by atoms with van der Waals surface area (Å²) in [6, 6.07) is 0. The molecule has 15 heavy (non-hydrogen) atoms. The zero-order valence-electron chi connectivity index (χ0n) is 10.1. The van der Waals surface area contributed by atoms with E-state index in [-0.39, 0.29) is 0 Å². The summed E-state index contributed by atoms with van der Waals surface area (Å²) in [7, 11) is 8.23. The van der Waals surface area contributed by atoms with E-state index in [0.29, 0.717) is 0 Å². The van der Waals surface area contributed by atoms with Crippen molar-refractivity contribution < 1.29 is 0 Å². The fourth-order valence-electron chi connectivity index (χ4n) is 1.39. The smallest absolute Gasteiger partial charge is 0.0160 e. The summed E-state index contributed by atoms with van der Waals surface area (Å²) in [5.41, 5.74) is 2.56. The Balaban J connectivity index is 2.60. The molecule has 0 aromatic carbocycles. The van der Waals surface area contributed by atoms with Crippen molar-refractivity contribution in [2.24, 2.45) is 0 Å². The van der Waals surface area contributed by atoms with E-state index in [4.69, 9.17) is 0 Å². The molecule has 1 rings (SSSR count). The Hall–Kier alpha value is -1.28.